The van der Waals surface area contributed by atoms with E-state index < -0.39 is 5.97 Å². The Bertz CT molecular complexity index is 372. The molecule has 1 aliphatic rings. The van der Waals surface area contributed by atoms with E-state index in [4.69, 9.17) is 9.84 Å². The van der Waals surface area contributed by atoms with Gasteiger partial charge in [-0.3, -0.25) is 5.10 Å². The monoisotopic (exact) mass is 196 g/mol. The maximum atomic E-state index is 10.8. The van der Waals surface area contributed by atoms with Crippen LogP contribution in [0.5, 0.6) is 0 Å². The molecule has 5 nitrogen and oxygen atoms in total. The van der Waals surface area contributed by atoms with Crippen molar-refractivity contribution < 1.29 is 14.6 Å². The molecule has 0 bridgehead atoms. The van der Waals surface area contributed by atoms with Crippen LogP contribution in [0, 0.1) is 0 Å². The Kier molecular flexibility index (Phi) is 2.03. The third-order valence-corrected chi connectivity index (χ3v) is 2.42. The maximum Gasteiger partial charge on any atom is 0.356 e. The Hall–Kier alpha value is -1.36. The van der Waals surface area contributed by atoms with E-state index in [-0.39, 0.29) is 17.9 Å². The number of carboxylic acids is 1. The first-order valence-electron chi connectivity index (χ1n) is 4.55. The van der Waals surface area contributed by atoms with Gasteiger partial charge in [0.1, 0.15) is 0 Å². The highest BCUT2D eigenvalue weighted by molar-refractivity contribution is 5.87. The zero-order valence-corrected chi connectivity index (χ0v) is 8.07. The van der Waals surface area contributed by atoms with Gasteiger partial charge in [-0.15, -0.1) is 0 Å². The standard InChI is InChI=1S/C9H12N2O3/c1-4-3-6-7(5(2)14-4)8(9(12)13)11-10-6/h4-5H,3H2,1-2H3,(H,10,11)(H,12,13). The van der Waals surface area contributed by atoms with Crippen molar-refractivity contribution in [2.75, 3.05) is 0 Å². The quantitative estimate of drug-likeness (QED) is 0.706. The zero-order chi connectivity index (χ0) is 10.3. The topological polar surface area (TPSA) is 75.2 Å². The molecule has 0 saturated heterocycles. The number of rotatable bonds is 1. The van der Waals surface area contributed by atoms with Crippen LogP contribution in [-0.4, -0.2) is 27.4 Å². The van der Waals surface area contributed by atoms with E-state index in [9.17, 15) is 4.79 Å². The summed E-state index contributed by atoms with van der Waals surface area (Å²) in [4.78, 5) is 10.8. The van der Waals surface area contributed by atoms with Gasteiger partial charge in [-0.2, -0.15) is 5.10 Å². The van der Waals surface area contributed by atoms with E-state index in [2.05, 4.69) is 10.2 Å². The van der Waals surface area contributed by atoms with Crippen molar-refractivity contribution in [2.24, 2.45) is 0 Å². The van der Waals surface area contributed by atoms with Crippen molar-refractivity contribution in [1.29, 1.82) is 0 Å². The zero-order valence-electron chi connectivity index (χ0n) is 8.07. The van der Waals surface area contributed by atoms with E-state index in [0.29, 0.717) is 12.0 Å². The molecule has 0 aliphatic carbocycles. The molecule has 1 aliphatic heterocycles. The van der Waals surface area contributed by atoms with Gasteiger partial charge in [-0.1, -0.05) is 0 Å². The lowest BCUT2D eigenvalue weighted by atomic mass is 10.0. The van der Waals surface area contributed by atoms with Crippen molar-refractivity contribution in [1.82, 2.24) is 10.2 Å². The fraction of sp³-hybridized carbons (Fsp3) is 0.556. The lowest BCUT2D eigenvalue weighted by Gasteiger charge is -2.25. The molecule has 0 fully saturated rings. The van der Waals surface area contributed by atoms with Gasteiger partial charge in [-0.25, -0.2) is 4.79 Å². The molecule has 2 rings (SSSR count). The second kappa shape index (κ2) is 3.09. The Morgan fingerprint density at radius 3 is 3.00 bits per heavy atom. The molecule has 5 heteroatoms. The lowest BCUT2D eigenvalue weighted by molar-refractivity contribution is -0.00594. The first kappa shape index (κ1) is 9.21. The summed E-state index contributed by atoms with van der Waals surface area (Å²) in [6.45, 7) is 3.80. The van der Waals surface area contributed by atoms with Crippen molar-refractivity contribution in [3.05, 3.63) is 17.0 Å². The summed E-state index contributed by atoms with van der Waals surface area (Å²) < 4.78 is 5.54. The summed E-state index contributed by atoms with van der Waals surface area (Å²) in [5, 5.41) is 15.4. The van der Waals surface area contributed by atoms with E-state index in [0.717, 1.165) is 5.69 Å². The third kappa shape index (κ3) is 1.29. The number of nitrogens with zero attached hydrogens (tertiary/aromatic N) is 1. The summed E-state index contributed by atoms with van der Waals surface area (Å²) in [7, 11) is 0. The number of carboxylic acid groups (broad SMARTS) is 1. The molecular weight excluding hydrogens is 184 g/mol. The van der Waals surface area contributed by atoms with E-state index in [1.54, 1.807) is 0 Å². The number of aromatic carboxylic acids is 1. The van der Waals surface area contributed by atoms with Crippen LogP contribution in [0.1, 0.15) is 41.7 Å². The molecule has 2 N–H and O–H groups in total. The largest absolute Gasteiger partial charge is 0.476 e. The van der Waals surface area contributed by atoms with Gasteiger partial charge in [0.2, 0.25) is 0 Å². The van der Waals surface area contributed by atoms with Gasteiger partial charge < -0.3 is 9.84 Å². The lowest BCUT2D eigenvalue weighted by Crippen LogP contribution is -2.22. The highest BCUT2D eigenvalue weighted by atomic mass is 16.5. The second-order valence-electron chi connectivity index (χ2n) is 3.56. The van der Waals surface area contributed by atoms with Gasteiger partial charge in [0.25, 0.3) is 0 Å². The normalized spacial score (nSPS) is 25.9. The van der Waals surface area contributed by atoms with Crippen molar-refractivity contribution in [3.63, 3.8) is 0 Å². The van der Waals surface area contributed by atoms with Crippen LogP contribution in [0.25, 0.3) is 0 Å². The Morgan fingerprint density at radius 1 is 1.64 bits per heavy atom. The summed E-state index contributed by atoms with van der Waals surface area (Å²) in [6.07, 6.45) is 0.609. The highest BCUT2D eigenvalue weighted by Crippen LogP contribution is 2.30. The molecule has 2 unspecified atom stereocenters. The van der Waals surface area contributed by atoms with Crippen LogP contribution in [0.3, 0.4) is 0 Å². The van der Waals surface area contributed by atoms with E-state index in [1.165, 1.54) is 0 Å². The summed E-state index contributed by atoms with van der Waals surface area (Å²) in [6, 6.07) is 0. The molecule has 0 spiro atoms. The molecule has 1 aromatic rings. The molecule has 2 heterocycles. The Labute approximate surface area is 81.1 Å². The molecule has 76 valence electrons. The highest BCUT2D eigenvalue weighted by Gasteiger charge is 2.29. The summed E-state index contributed by atoms with van der Waals surface area (Å²) in [5.74, 6) is -1.01. The van der Waals surface area contributed by atoms with Gasteiger partial charge in [0, 0.05) is 17.7 Å². The predicted octanol–water partition coefficient (Wildman–Crippen LogP) is 1.13. The molecule has 0 saturated carbocycles. The van der Waals surface area contributed by atoms with Crippen LogP contribution >= 0.6 is 0 Å². The van der Waals surface area contributed by atoms with Crippen LogP contribution in [0.2, 0.25) is 0 Å². The van der Waals surface area contributed by atoms with Crippen LogP contribution in [-0.2, 0) is 11.2 Å². The minimum Gasteiger partial charge on any atom is -0.476 e. The SMILES string of the molecule is CC1Cc2[nH]nc(C(=O)O)c2C(C)O1. The third-order valence-electron chi connectivity index (χ3n) is 2.42. The van der Waals surface area contributed by atoms with Gasteiger partial charge in [-0.05, 0) is 13.8 Å². The number of H-pyrrole nitrogens is 1. The number of ether oxygens (including phenoxy) is 1. The number of carbonyl (C=O) groups is 1. The molecule has 14 heavy (non-hydrogen) atoms. The van der Waals surface area contributed by atoms with Crippen molar-refractivity contribution in [2.45, 2.75) is 32.5 Å². The first-order chi connectivity index (χ1) is 6.59. The summed E-state index contributed by atoms with van der Waals surface area (Å²) in [5.41, 5.74) is 1.66. The molecule has 1 aromatic heterocycles. The maximum absolute atomic E-state index is 10.8. The van der Waals surface area contributed by atoms with E-state index in [1.807, 2.05) is 13.8 Å². The molecular formula is C9H12N2O3. The fourth-order valence-corrected chi connectivity index (χ4v) is 1.90. The number of fused-ring (bicyclic) bond motifs is 1. The molecule has 0 aromatic carbocycles. The number of aromatic nitrogens is 2. The number of aromatic amines is 1. The van der Waals surface area contributed by atoms with Crippen molar-refractivity contribution in [3.8, 4) is 0 Å². The molecule has 2 atom stereocenters. The van der Waals surface area contributed by atoms with Gasteiger partial charge in [0.15, 0.2) is 5.69 Å². The van der Waals surface area contributed by atoms with Gasteiger partial charge in [0.05, 0.1) is 12.2 Å². The first-order valence-corrected chi connectivity index (χ1v) is 4.55. The Morgan fingerprint density at radius 2 is 2.36 bits per heavy atom. The number of nitrogens with one attached hydrogen (secondary N) is 1. The van der Waals surface area contributed by atoms with Crippen molar-refractivity contribution >= 4 is 5.97 Å². The average molecular weight is 196 g/mol. The second-order valence-corrected chi connectivity index (χ2v) is 3.56. The van der Waals surface area contributed by atoms with Gasteiger partial charge >= 0.3 is 5.97 Å². The number of hydrogen-bond acceptors (Lipinski definition) is 3. The smallest absolute Gasteiger partial charge is 0.356 e. The predicted molar refractivity (Wildman–Crippen MR) is 48.2 cm³/mol. The van der Waals surface area contributed by atoms with Crippen LogP contribution in [0.15, 0.2) is 0 Å². The van der Waals surface area contributed by atoms with Crippen LogP contribution in [0.4, 0.5) is 0 Å². The summed E-state index contributed by atoms with van der Waals surface area (Å²) >= 11 is 0. The van der Waals surface area contributed by atoms with Crippen LogP contribution < -0.4 is 0 Å². The average Bonchev–Trinajstić information content (AvgIpc) is 2.47. The minimum atomic E-state index is -1.01. The fourth-order valence-electron chi connectivity index (χ4n) is 1.90. The molecule has 0 amide bonds. The van der Waals surface area contributed by atoms with E-state index >= 15 is 0 Å². The Balaban J connectivity index is 2.46. The number of hydrogen-bond donors (Lipinski definition) is 2. The molecule has 0 radical (unpaired) electrons. The minimum absolute atomic E-state index is 0.0828.